The Kier molecular flexibility index (Phi) is 6.20. The number of rotatable bonds is 5. The van der Waals surface area contributed by atoms with Crippen LogP contribution in [0.15, 0.2) is 24.3 Å². The molecule has 1 saturated carbocycles. The van der Waals surface area contributed by atoms with Crippen molar-refractivity contribution < 1.29 is 9.59 Å². The zero-order valence-corrected chi connectivity index (χ0v) is 14.4. The standard InChI is InChI=1S/C19H28N2O2/c1-13-8-10-16(11-9-13)18(20-15(3)22)12-19(23)21-17-7-5-4-6-14(17)2/h8-11,14,17-18H,4-7,12H2,1-3H3,(H,20,22)(H,21,23). The molecule has 2 amide bonds. The first-order chi connectivity index (χ1) is 11.0. The molecule has 0 bridgehead atoms. The number of hydrogen-bond donors (Lipinski definition) is 2. The predicted molar refractivity (Wildman–Crippen MR) is 91.9 cm³/mol. The Bertz CT molecular complexity index is 539. The number of amides is 2. The van der Waals surface area contributed by atoms with Gasteiger partial charge in [-0.2, -0.15) is 0 Å². The van der Waals surface area contributed by atoms with Crippen LogP contribution in [0.25, 0.3) is 0 Å². The minimum atomic E-state index is -0.271. The Hall–Kier alpha value is -1.84. The van der Waals surface area contributed by atoms with Gasteiger partial charge in [0, 0.05) is 13.0 Å². The topological polar surface area (TPSA) is 58.2 Å². The first kappa shape index (κ1) is 17.5. The summed E-state index contributed by atoms with van der Waals surface area (Å²) in [6.45, 7) is 5.71. The maximum absolute atomic E-state index is 12.4. The van der Waals surface area contributed by atoms with Crippen LogP contribution in [0.3, 0.4) is 0 Å². The quantitative estimate of drug-likeness (QED) is 0.876. The van der Waals surface area contributed by atoms with Crippen molar-refractivity contribution in [3.63, 3.8) is 0 Å². The lowest BCUT2D eigenvalue weighted by atomic mass is 9.86. The summed E-state index contributed by atoms with van der Waals surface area (Å²) in [6, 6.07) is 7.97. The molecule has 4 heteroatoms. The third-order valence-electron chi connectivity index (χ3n) is 4.70. The van der Waals surface area contributed by atoms with E-state index in [1.54, 1.807) is 0 Å². The molecule has 1 aromatic carbocycles. The van der Waals surface area contributed by atoms with Crippen molar-refractivity contribution in [1.29, 1.82) is 0 Å². The molecule has 3 unspecified atom stereocenters. The minimum absolute atomic E-state index is 0.0167. The van der Waals surface area contributed by atoms with Gasteiger partial charge in [0.2, 0.25) is 11.8 Å². The van der Waals surface area contributed by atoms with E-state index in [4.69, 9.17) is 0 Å². The number of carbonyl (C=O) groups excluding carboxylic acids is 2. The van der Waals surface area contributed by atoms with E-state index in [0.717, 1.165) is 17.5 Å². The van der Waals surface area contributed by atoms with Crippen LogP contribution < -0.4 is 10.6 Å². The zero-order valence-electron chi connectivity index (χ0n) is 14.4. The van der Waals surface area contributed by atoms with Crippen LogP contribution in [0, 0.1) is 12.8 Å². The van der Waals surface area contributed by atoms with E-state index in [1.165, 1.54) is 26.2 Å². The van der Waals surface area contributed by atoms with Crippen LogP contribution in [0.5, 0.6) is 0 Å². The van der Waals surface area contributed by atoms with Crippen LogP contribution in [0.1, 0.15) is 63.1 Å². The third-order valence-corrected chi connectivity index (χ3v) is 4.70. The molecular formula is C19H28N2O2. The van der Waals surface area contributed by atoms with Crippen molar-refractivity contribution in [3.8, 4) is 0 Å². The monoisotopic (exact) mass is 316 g/mol. The first-order valence-electron chi connectivity index (χ1n) is 8.58. The van der Waals surface area contributed by atoms with E-state index in [-0.39, 0.29) is 30.3 Å². The van der Waals surface area contributed by atoms with Crippen molar-refractivity contribution >= 4 is 11.8 Å². The molecule has 0 aliphatic heterocycles. The number of aryl methyl sites for hydroxylation is 1. The molecule has 0 spiro atoms. The van der Waals surface area contributed by atoms with Gasteiger partial charge in [0.15, 0.2) is 0 Å². The molecular weight excluding hydrogens is 288 g/mol. The second kappa shape index (κ2) is 8.14. The highest BCUT2D eigenvalue weighted by Gasteiger charge is 2.24. The molecule has 1 aromatic rings. The molecule has 1 fully saturated rings. The number of nitrogens with one attached hydrogen (secondary N) is 2. The van der Waals surface area contributed by atoms with Crippen molar-refractivity contribution in [3.05, 3.63) is 35.4 Å². The fraction of sp³-hybridized carbons (Fsp3) is 0.579. The maximum Gasteiger partial charge on any atom is 0.222 e. The molecule has 2 N–H and O–H groups in total. The lowest BCUT2D eigenvalue weighted by molar-refractivity contribution is -0.123. The summed E-state index contributed by atoms with van der Waals surface area (Å²) in [5, 5.41) is 6.06. The van der Waals surface area contributed by atoms with Crippen molar-refractivity contribution in [2.45, 2.75) is 65.0 Å². The molecule has 0 radical (unpaired) electrons. The van der Waals surface area contributed by atoms with Gasteiger partial charge in [-0.1, -0.05) is 49.6 Å². The third kappa shape index (κ3) is 5.38. The highest BCUT2D eigenvalue weighted by molar-refractivity contribution is 5.79. The van der Waals surface area contributed by atoms with Gasteiger partial charge in [0.05, 0.1) is 12.5 Å². The molecule has 0 heterocycles. The summed E-state index contributed by atoms with van der Waals surface area (Å²) in [5.41, 5.74) is 2.13. The van der Waals surface area contributed by atoms with Crippen molar-refractivity contribution in [1.82, 2.24) is 10.6 Å². The second-order valence-corrected chi connectivity index (χ2v) is 6.80. The molecule has 23 heavy (non-hydrogen) atoms. The molecule has 126 valence electrons. The van der Waals surface area contributed by atoms with Crippen LogP contribution in [0.2, 0.25) is 0 Å². The van der Waals surface area contributed by atoms with Crippen LogP contribution in [-0.2, 0) is 9.59 Å². The van der Waals surface area contributed by atoms with Crippen LogP contribution in [0.4, 0.5) is 0 Å². The summed E-state index contributed by atoms with van der Waals surface area (Å²) in [5.74, 6) is 0.434. The normalized spacial score (nSPS) is 22.2. The first-order valence-corrected chi connectivity index (χ1v) is 8.58. The lowest BCUT2D eigenvalue weighted by Gasteiger charge is -2.30. The maximum atomic E-state index is 12.4. The van der Waals surface area contributed by atoms with Crippen molar-refractivity contribution in [2.75, 3.05) is 0 Å². The zero-order chi connectivity index (χ0) is 16.8. The summed E-state index contributed by atoms with van der Waals surface area (Å²) >= 11 is 0. The number of hydrogen-bond acceptors (Lipinski definition) is 2. The molecule has 1 aliphatic rings. The average Bonchev–Trinajstić information content (AvgIpc) is 2.49. The van der Waals surface area contributed by atoms with E-state index in [1.807, 2.05) is 31.2 Å². The van der Waals surface area contributed by atoms with Gasteiger partial charge in [-0.05, 0) is 31.2 Å². The Morgan fingerprint density at radius 1 is 1.17 bits per heavy atom. The Morgan fingerprint density at radius 2 is 1.83 bits per heavy atom. The highest BCUT2D eigenvalue weighted by atomic mass is 16.2. The van der Waals surface area contributed by atoms with Gasteiger partial charge in [0.1, 0.15) is 0 Å². The van der Waals surface area contributed by atoms with Crippen molar-refractivity contribution in [2.24, 2.45) is 5.92 Å². The minimum Gasteiger partial charge on any atom is -0.353 e. The predicted octanol–water partition coefficient (Wildman–Crippen LogP) is 3.26. The summed E-state index contributed by atoms with van der Waals surface area (Å²) in [6.07, 6.45) is 4.96. The summed E-state index contributed by atoms with van der Waals surface area (Å²) < 4.78 is 0. The summed E-state index contributed by atoms with van der Waals surface area (Å²) in [7, 11) is 0. The van der Waals surface area contributed by atoms with E-state index in [9.17, 15) is 9.59 Å². The molecule has 1 aliphatic carbocycles. The molecule has 0 aromatic heterocycles. The fourth-order valence-corrected chi connectivity index (χ4v) is 3.28. The Morgan fingerprint density at radius 3 is 2.43 bits per heavy atom. The van der Waals surface area contributed by atoms with Gasteiger partial charge < -0.3 is 10.6 Å². The fourth-order valence-electron chi connectivity index (χ4n) is 3.28. The van der Waals surface area contributed by atoms with Gasteiger partial charge in [0.25, 0.3) is 0 Å². The molecule has 0 saturated heterocycles. The largest absolute Gasteiger partial charge is 0.353 e. The summed E-state index contributed by atoms with van der Waals surface area (Å²) in [4.78, 5) is 23.9. The van der Waals surface area contributed by atoms with Gasteiger partial charge in [-0.15, -0.1) is 0 Å². The van der Waals surface area contributed by atoms with Gasteiger partial charge >= 0.3 is 0 Å². The van der Waals surface area contributed by atoms with E-state index in [2.05, 4.69) is 17.6 Å². The molecule has 4 nitrogen and oxygen atoms in total. The second-order valence-electron chi connectivity index (χ2n) is 6.80. The Labute approximate surface area is 139 Å². The number of carbonyl (C=O) groups is 2. The van der Waals surface area contributed by atoms with Crippen LogP contribution in [-0.4, -0.2) is 17.9 Å². The van der Waals surface area contributed by atoms with Gasteiger partial charge in [-0.3, -0.25) is 9.59 Å². The number of benzene rings is 1. The average molecular weight is 316 g/mol. The van der Waals surface area contributed by atoms with Crippen LogP contribution >= 0.6 is 0 Å². The van der Waals surface area contributed by atoms with Gasteiger partial charge in [-0.25, -0.2) is 0 Å². The van der Waals surface area contributed by atoms with E-state index in [0.29, 0.717) is 5.92 Å². The highest BCUT2D eigenvalue weighted by Crippen LogP contribution is 2.24. The molecule has 2 rings (SSSR count). The van der Waals surface area contributed by atoms with E-state index < -0.39 is 0 Å². The molecule has 3 atom stereocenters. The van der Waals surface area contributed by atoms with E-state index >= 15 is 0 Å². The Balaban J connectivity index is 2.00. The smallest absolute Gasteiger partial charge is 0.222 e. The lowest BCUT2D eigenvalue weighted by Crippen LogP contribution is -2.42. The SMILES string of the molecule is CC(=O)NC(CC(=O)NC1CCCCC1C)c1ccc(C)cc1.